The van der Waals surface area contributed by atoms with Gasteiger partial charge in [-0.15, -0.1) is 0 Å². The zero-order valence-corrected chi connectivity index (χ0v) is 14.7. The molecule has 146 valence electrons. The van der Waals surface area contributed by atoms with Gasteiger partial charge >= 0.3 is 0 Å². The lowest BCUT2D eigenvalue weighted by Gasteiger charge is -2.38. The lowest BCUT2D eigenvalue weighted by molar-refractivity contribution is 0.0662. The molecule has 0 aliphatic carbocycles. The second-order valence-electron chi connectivity index (χ2n) is 6.33. The highest BCUT2D eigenvalue weighted by Crippen LogP contribution is 2.26. The van der Waals surface area contributed by atoms with Crippen molar-refractivity contribution in [1.29, 1.82) is 0 Å². The molecule has 1 atom stereocenters. The summed E-state index contributed by atoms with van der Waals surface area (Å²) >= 11 is 0. The van der Waals surface area contributed by atoms with Crippen molar-refractivity contribution in [2.75, 3.05) is 49.5 Å². The summed E-state index contributed by atoms with van der Waals surface area (Å²) in [5, 5.41) is 30.5. The lowest BCUT2D eigenvalue weighted by atomic mass is 10.2. The number of pyridine rings is 1. The summed E-state index contributed by atoms with van der Waals surface area (Å²) < 4.78 is 18.3. The van der Waals surface area contributed by atoms with Gasteiger partial charge in [0.15, 0.2) is 5.82 Å². The SMILES string of the molecule is [O-]N(O)c1cccnc1N1CCN(CC(O)COc2ccc(F)cc2)CC1. The van der Waals surface area contributed by atoms with E-state index >= 15 is 0 Å². The maximum atomic E-state index is 12.9. The van der Waals surface area contributed by atoms with Crippen molar-refractivity contribution in [3.05, 3.63) is 53.6 Å². The Hall–Kier alpha value is -2.46. The molecule has 8 nitrogen and oxygen atoms in total. The van der Waals surface area contributed by atoms with E-state index in [1.807, 2.05) is 4.90 Å². The Balaban J connectivity index is 1.46. The molecule has 1 unspecified atom stereocenters. The van der Waals surface area contributed by atoms with Gasteiger partial charge in [0.2, 0.25) is 0 Å². The van der Waals surface area contributed by atoms with Crippen molar-refractivity contribution in [1.82, 2.24) is 9.88 Å². The number of hydrogen-bond acceptors (Lipinski definition) is 8. The number of piperazine rings is 1. The average molecular weight is 377 g/mol. The number of ether oxygens (including phenoxy) is 1. The van der Waals surface area contributed by atoms with Crippen LogP contribution in [0, 0.1) is 11.0 Å². The van der Waals surface area contributed by atoms with Gasteiger partial charge in [0.1, 0.15) is 24.3 Å². The Morgan fingerprint density at radius 3 is 2.56 bits per heavy atom. The maximum absolute atomic E-state index is 12.9. The summed E-state index contributed by atoms with van der Waals surface area (Å²) in [5.41, 5.74) is 0.110. The number of rotatable bonds is 7. The highest BCUT2D eigenvalue weighted by Gasteiger charge is 2.22. The molecule has 0 amide bonds. The van der Waals surface area contributed by atoms with Gasteiger partial charge in [-0.1, -0.05) is 0 Å². The molecule has 1 aromatic heterocycles. The van der Waals surface area contributed by atoms with Crippen LogP contribution in [0.25, 0.3) is 0 Å². The first-order chi connectivity index (χ1) is 13.0. The average Bonchev–Trinajstić information content (AvgIpc) is 2.68. The molecule has 27 heavy (non-hydrogen) atoms. The number of hydrogen-bond donors (Lipinski definition) is 2. The topological polar surface area (TPSA) is 95.4 Å². The minimum atomic E-state index is -0.679. The van der Waals surface area contributed by atoms with Crippen LogP contribution < -0.4 is 14.9 Å². The van der Waals surface area contributed by atoms with Gasteiger partial charge in [0, 0.05) is 38.9 Å². The first-order valence-corrected chi connectivity index (χ1v) is 8.68. The molecular formula is C18H22FN4O4-. The van der Waals surface area contributed by atoms with Gasteiger partial charge < -0.3 is 25.2 Å². The van der Waals surface area contributed by atoms with E-state index in [1.165, 1.54) is 30.3 Å². The van der Waals surface area contributed by atoms with Crippen molar-refractivity contribution in [3.63, 3.8) is 0 Å². The van der Waals surface area contributed by atoms with Crippen molar-refractivity contribution in [2.45, 2.75) is 6.10 Å². The van der Waals surface area contributed by atoms with Crippen molar-refractivity contribution in [2.24, 2.45) is 0 Å². The van der Waals surface area contributed by atoms with E-state index in [0.29, 0.717) is 44.3 Å². The monoisotopic (exact) mass is 377 g/mol. The predicted octanol–water partition coefficient (Wildman–Crippen LogP) is 1.48. The molecule has 2 heterocycles. The second kappa shape index (κ2) is 8.96. The largest absolute Gasteiger partial charge is 0.733 e. The molecule has 2 aromatic rings. The Morgan fingerprint density at radius 2 is 1.89 bits per heavy atom. The van der Waals surface area contributed by atoms with Gasteiger partial charge in [-0.2, -0.15) is 0 Å². The summed E-state index contributed by atoms with van der Waals surface area (Å²) in [6.45, 7) is 3.14. The predicted molar refractivity (Wildman–Crippen MR) is 98.4 cm³/mol. The molecule has 0 spiro atoms. The van der Waals surface area contributed by atoms with Crippen LogP contribution in [-0.4, -0.2) is 65.6 Å². The quantitative estimate of drug-likeness (QED) is 0.701. The second-order valence-corrected chi connectivity index (χ2v) is 6.33. The number of aliphatic hydroxyl groups excluding tert-OH is 1. The fraction of sp³-hybridized carbons (Fsp3) is 0.389. The minimum Gasteiger partial charge on any atom is -0.733 e. The van der Waals surface area contributed by atoms with Crippen LogP contribution in [0.2, 0.25) is 0 Å². The molecule has 1 saturated heterocycles. The van der Waals surface area contributed by atoms with Gasteiger partial charge in [0.05, 0.1) is 5.69 Å². The molecule has 9 heteroatoms. The van der Waals surface area contributed by atoms with Gasteiger partial charge in [-0.05, 0) is 36.4 Å². The Kier molecular flexibility index (Phi) is 6.40. The van der Waals surface area contributed by atoms with Crippen molar-refractivity contribution >= 4 is 11.5 Å². The van der Waals surface area contributed by atoms with Crippen LogP contribution >= 0.6 is 0 Å². The molecule has 0 saturated carbocycles. The summed E-state index contributed by atoms with van der Waals surface area (Å²) in [6, 6.07) is 8.76. The molecule has 3 rings (SSSR count). The van der Waals surface area contributed by atoms with Crippen LogP contribution in [0.1, 0.15) is 0 Å². The summed E-state index contributed by atoms with van der Waals surface area (Å²) in [4.78, 5) is 8.20. The number of nitrogens with zero attached hydrogens (tertiary/aromatic N) is 4. The van der Waals surface area contributed by atoms with E-state index in [0.717, 1.165) is 0 Å². The van der Waals surface area contributed by atoms with Crippen LogP contribution in [-0.2, 0) is 0 Å². The summed E-state index contributed by atoms with van der Waals surface area (Å²) in [6.07, 6.45) is 0.896. The maximum Gasteiger partial charge on any atom is 0.153 e. The molecule has 1 aliphatic heterocycles. The zero-order valence-electron chi connectivity index (χ0n) is 14.7. The number of halogens is 1. The van der Waals surface area contributed by atoms with E-state index in [4.69, 9.17) is 4.74 Å². The van der Waals surface area contributed by atoms with E-state index in [-0.39, 0.29) is 23.3 Å². The third-order valence-corrected chi connectivity index (χ3v) is 4.37. The van der Waals surface area contributed by atoms with E-state index in [9.17, 15) is 19.9 Å². The molecule has 1 aromatic carbocycles. The van der Waals surface area contributed by atoms with Gasteiger partial charge in [-0.3, -0.25) is 10.1 Å². The number of benzene rings is 1. The first-order valence-electron chi connectivity index (χ1n) is 8.68. The standard InChI is InChI=1S/C18H22FN4O4/c19-14-3-5-16(6-4-14)27-13-15(24)12-21-8-10-22(11-9-21)18-17(23(25)26)2-1-7-20-18/h1-7,15,24-25H,8-13H2/q-1. The normalized spacial score (nSPS) is 16.2. The van der Waals surface area contributed by atoms with Crippen LogP contribution in [0.5, 0.6) is 5.75 Å². The number of aromatic nitrogens is 1. The number of β-amino-alcohol motifs (C(OH)–C–C–N with tert-alkyl or cyclic N) is 1. The summed E-state index contributed by atoms with van der Waals surface area (Å²) in [7, 11) is 0. The van der Waals surface area contributed by atoms with Crippen molar-refractivity contribution < 1.29 is 19.4 Å². The molecule has 0 bridgehead atoms. The lowest BCUT2D eigenvalue weighted by Crippen LogP contribution is -2.49. The molecular weight excluding hydrogens is 355 g/mol. The van der Waals surface area contributed by atoms with Gasteiger partial charge in [-0.25, -0.2) is 9.37 Å². The molecule has 0 radical (unpaired) electrons. The van der Waals surface area contributed by atoms with Gasteiger partial charge in [0.25, 0.3) is 0 Å². The van der Waals surface area contributed by atoms with Crippen LogP contribution in [0.15, 0.2) is 42.6 Å². The Bertz CT molecular complexity index is 724. The molecule has 1 aliphatic rings. The molecule has 1 fully saturated rings. The third-order valence-electron chi connectivity index (χ3n) is 4.37. The minimum absolute atomic E-state index is 0.110. The Labute approximate surface area is 156 Å². The smallest absolute Gasteiger partial charge is 0.153 e. The number of aliphatic hydroxyl groups is 1. The van der Waals surface area contributed by atoms with E-state index in [2.05, 4.69) is 9.88 Å². The fourth-order valence-corrected chi connectivity index (χ4v) is 3.00. The highest BCUT2D eigenvalue weighted by atomic mass is 19.1. The Morgan fingerprint density at radius 1 is 1.19 bits per heavy atom. The van der Waals surface area contributed by atoms with Crippen molar-refractivity contribution in [3.8, 4) is 5.75 Å². The third kappa shape index (κ3) is 5.27. The highest BCUT2D eigenvalue weighted by molar-refractivity contribution is 5.66. The van der Waals surface area contributed by atoms with E-state index < -0.39 is 6.10 Å². The summed E-state index contributed by atoms with van der Waals surface area (Å²) in [5.74, 6) is 0.613. The zero-order chi connectivity index (χ0) is 19.2. The van der Waals surface area contributed by atoms with E-state index in [1.54, 1.807) is 12.3 Å². The fourth-order valence-electron chi connectivity index (χ4n) is 3.00. The van der Waals surface area contributed by atoms with Crippen LogP contribution in [0.4, 0.5) is 15.9 Å². The number of anilines is 2. The van der Waals surface area contributed by atoms with Crippen LogP contribution in [0.3, 0.4) is 0 Å². The first kappa shape index (κ1) is 19.3. The molecule has 2 N–H and O–H groups in total.